The molecule has 0 aliphatic heterocycles. The maximum absolute atomic E-state index is 13.1. The Balaban J connectivity index is 3.09. The van der Waals surface area contributed by atoms with Gasteiger partial charge in [-0.15, -0.1) is 0 Å². The molecule has 0 saturated heterocycles. The Kier molecular flexibility index (Phi) is 4.05. The molecule has 0 fully saturated rings. The Morgan fingerprint density at radius 2 is 2.33 bits per heavy atom. The quantitative estimate of drug-likeness (QED) is 0.340. The van der Waals surface area contributed by atoms with Gasteiger partial charge in [0.15, 0.2) is 11.6 Å². The fourth-order valence-electron chi connectivity index (χ4n) is 1.19. The molecule has 0 unspecified atom stereocenters. The van der Waals surface area contributed by atoms with Crippen LogP contribution in [0.3, 0.4) is 0 Å². The van der Waals surface area contributed by atoms with Crippen molar-refractivity contribution in [2.45, 2.75) is 6.92 Å². The highest BCUT2D eigenvalue weighted by atomic mass is 19.1. The number of halogens is 1. The fourth-order valence-corrected chi connectivity index (χ4v) is 1.19. The minimum absolute atomic E-state index is 0.173. The number of rotatable bonds is 3. The Morgan fingerprint density at radius 1 is 1.60 bits per heavy atom. The van der Waals surface area contributed by atoms with E-state index in [1.54, 1.807) is 12.1 Å². The first-order valence-electron chi connectivity index (χ1n) is 4.58. The number of hydrogen-bond donors (Lipinski definition) is 2. The summed E-state index contributed by atoms with van der Waals surface area (Å²) in [6, 6.07) is 4.45. The van der Waals surface area contributed by atoms with E-state index in [4.69, 9.17) is 10.6 Å². The maximum atomic E-state index is 13.1. The van der Waals surface area contributed by atoms with Crippen molar-refractivity contribution in [2.75, 3.05) is 13.7 Å². The third-order valence-corrected chi connectivity index (χ3v) is 1.88. The van der Waals surface area contributed by atoms with Crippen LogP contribution in [0.1, 0.15) is 12.5 Å². The first-order chi connectivity index (χ1) is 7.22. The van der Waals surface area contributed by atoms with Crippen molar-refractivity contribution in [1.29, 1.82) is 0 Å². The zero-order valence-corrected chi connectivity index (χ0v) is 8.75. The predicted octanol–water partition coefficient (Wildman–Crippen LogP) is 1.06. The average Bonchev–Trinajstić information content (AvgIpc) is 2.27. The number of hydrazine groups is 1. The van der Waals surface area contributed by atoms with E-state index >= 15 is 0 Å². The topological polar surface area (TPSA) is 59.6 Å². The summed E-state index contributed by atoms with van der Waals surface area (Å²) in [5, 5.41) is 0. The Bertz CT molecular complexity index is 366. The van der Waals surface area contributed by atoms with E-state index in [1.807, 2.05) is 6.92 Å². The van der Waals surface area contributed by atoms with Gasteiger partial charge in [0.05, 0.1) is 7.11 Å². The molecular weight excluding hydrogens is 197 g/mol. The standard InChI is InChI=1S/C10H14FN3O/c1-3-13-10(14-12)7-4-5-8(11)9(6-7)15-2/h4-6H,3,12H2,1-2H3,(H,13,14). The van der Waals surface area contributed by atoms with E-state index in [9.17, 15) is 4.39 Å². The number of methoxy groups -OCH3 is 1. The highest BCUT2D eigenvalue weighted by Crippen LogP contribution is 2.18. The van der Waals surface area contributed by atoms with Crippen LogP contribution in [-0.2, 0) is 0 Å². The number of benzene rings is 1. The van der Waals surface area contributed by atoms with Gasteiger partial charge in [-0.25, -0.2) is 10.2 Å². The molecule has 0 aromatic heterocycles. The van der Waals surface area contributed by atoms with Crippen molar-refractivity contribution in [2.24, 2.45) is 10.8 Å². The third kappa shape index (κ3) is 2.66. The smallest absolute Gasteiger partial charge is 0.165 e. The van der Waals surface area contributed by atoms with Gasteiger partial charge in [0, 0.05) is 12.1 Å². The fraction of sp³-hybridized carbons (Fsp3) is 0.300. The molecule has 0 aliphatic rings. The molecule has 82 valence electrons. The summed E-state index contributed by atoms with van der Waals surface area (Å²) in [7, 11) is 1.41. The molecule has 1 aromatic rings. The van der Waals surface area contributed by atoms with Gasteiger partial charge < -0.3 is 10.2 Å². The van der Waals surface area contributed by atoms with Gasteiger partial charge in [0.25, 0.3) is 0 Å². The Hall–Kier alpha value is -1.62. The maximum Gasteiger partial charge on any atom is 0.165 e. The monoisotopic (exact) mass is 211 g/mol. The lowest BCUT2D eigenvalue weighted by molar-refractivity contribution is 0.386. The summed E-state index contributed by atoms with van der Waals surface area (Å²) in [6.45, 7) is 2.48. The average molecular weight is 211 g/mol. The van der Waals surface area contributed by atoms with Crippen LogP contribution >= 0.6 is 0 Å². The molecule has 0 bridgehead atoms. The number of nitrogens with two attached hydrogens (primary N) is 1. The van der Waals surface area contributed by atoms with Crippen molar-refractivity contribution >= 4 is 5.84 Å². The third-order valence-electron chi connectivity index (χ3n) is 1.88. The van der Waals surface area contributed by atoms with E-state index in [0.29, 0.717) is 17.9 Å². The summed E-state index contributed by atoms with van der Waals surface area (Å²) in [5.41, 5.74) is 3.15. The van der Waals surface area contributed by atoms with E-state index in [1.165, 1.54) is 13.2 Å². The van der Waals surface area contributed by atoms with Crippen molar-refractivity contribution < 1.29 is 9.13 Å². The zero-order valence-electron chi connectivity index (χ0n) is 8.75. The van der Waals surface area contributed by atoms with Crippen molar-refractivity contribution in [3.63, 3.8) is 0 Å². The molecular formula is C10H14FN3O. The molecule has 4 nitrogen and oxygen atoms in total. The van der Waals surface area contributed by atoms with Crippen LogP contribution in [0.15, 0.2) is 23.2 Å². The molecule has 3 N–H and O–H groups in total. The molecule has 0 radical (unpaired) electrons. The van der Waals surface area contributed by atoms with Gasteiger partial charge in [0.1, 0.15) is 5.84 Å². The second-order valence-electron chi connectivity index (χ2n) is 2.82. The molecule has 5 heteroatoms. The van der Waals surface area contributed by atoms with Crippen LogP contribution in [-0.4, -0.2) is 19.5 Å². The van der Waals surface area contributed by atoms with E-state index in [-0.39, 0.29) is 5.75 Å². The lowest BCUT2D eigenvalue weighted by Gasteiger charge is -2.07. The normalized spacial score (nSPS) is 11.3. The van der Waals surface area contributed by atoms with Crippen LogP contribution in [0, 0.1) is 5.82 Å². The summed E-state index contributed by atoms with van der Waals surface area (Å²) >= 11 is 0. The largest absolute Gasteiger partial charge is 0.494 e. The summed E-state index contributed by atoms with van der Waals surface area (Å²) in [6.07, 6.45) is 0. The molecule has 0 amide bonds. The Labute approximate surface area is 87.9 Å². The van der Waals surface area contributed by atoms with Gasteiger partial charge in [-0.05, 0) is 25.1 Å². The predicted molar refractivity (Wildman–Crippen MR) is 57.4 cm³/mol. The van der Waals surface area contributed by atoms with Crippen molar-refractivity contribution in [1.82, 2.24) is 5.43 Å². The van der Waals surface area contributed by atoms with Crippen molar-refractivity contribution in [3.8, 4) is 5.75 Å². The highest BCUT2D eigenvalue weighted by molar-refractivity contribution is 5.98. The van der Waals surface area contributed by atoms with Crippen molar-refractivity contribution in [3.05, 3.63) is 29.6 Å². The molecule has 0 spiro atoms. The molecule has 15 heavy (non-hydrogen) atoms. The minimum Gasteiger partial charge on any atom is -0.494 e. The SMILES string of the molecule is CCN=C(NN)c1ccc(F)c(OC)c1. The molecule has 1 rings (SSSR count). The summed E-state index contributed by atoms with van der Waals surface area (Å²) < 4.78 is 18.0. The molecule has 1 aromatic carbocycles. The van der Waals surface area contributed by atoms with E-state index in [2.05, 4.69) is 10.4 Å². The Morgan fingerprint density at radius 3 is 2.87 bits per heavy atom. The summed E-state index contributed by atoms with van der Waals surface area (Å²) in [4.78, 5) is 4.12. The lowest BCUT2D eigenvalue weighted by atomic mass is 10.2. The van der Waals surface area contributed by atoms with Gasteiger partial charge >= 0.3 is 0 Å². The number of nitrogens with one attached hydrogen (secondary N) is 1. The second kappa shape index (κ2) is 5.31. The van der Waals surface area contributed by atoms with Gasteiger partial charge in [-0.3, -0.25) is 4.99 Å². The van der Waals surface area contributed by atoms with Crippen LogP contribution in [0.2, 0.25) is 0 Å². The van der Waals surface area contributed by atoms with Gasteiger partial charge in [-0.2, -0.15) is 0 Å². The van der Waals surface area contributed by atoms with Gasteiger partial charge in [-0.1, -0.05) is 0 Å². The van der Waals surface area contributed by atoms with Gasteiger partial charge in [0.2, 0.25) is 0 Å². The van der Waals surface area contributed by atoms with E-state index in [0.717, 1.165) is 0 Å². The lowest BCUT2D eigenvalue weighted by Crippen LogP contribution is -2.31. The number of aliphatic imine (C=N–C) groups is 1. The van der Waals surface area contributed by atoms with Crippen LogP contribution in [0.5, 0.6) is 5.75 Å². The number of ether oxygens (including phenoxy) is 1. The highest BCUT2D eigenvalue weighted by Gasteiger charge is 2.06. The minimum atomic E-state index is -0.408. The summed E-state index contributed by atoms with van der Waals surface area (Å²) in [5.74, 6) is 5.58. The zero-order chi connectivity index (χ0) is 11.3. The number of nitrogens with zero attached hydrogens (tertiary/aromatic N) is 1. The van der Waals surface area contributed by atoms with Crippen LogP contribution < -0.4 is 16.0 Å². The first-order valence-corrected chi connectivity index (χ1v) is 4.58. The van der Waals surface area contributed by atoms with Crippen LogP contribution in [0.25, 0.3) is 0 Å². The number of hydrogen-bond acceptors (Lipinski definition) is 3. The molecule has 0 heterocycles. The van der Waals surface area contributed by atoms with E-state index < -0.39 is 5.82 Å². The number of amidine groups is 1. The molecule has 0 atom stereocenters. The first kappa shape index (κ1) is 11.5. The molecule has 0 saturated carbocycles. The molecule has 0 aliphatic carbocycles. The second-order valence-corrected chi connectivity index (χ2v) is 2.82. The van der Waals surface area contributed by atoms with Crippen LogP contribution in [0.4, 0.5) is 4.39 Å².